The Morgan fingerprint density at radius 2 is 1.71 bits per heavy atom. The number of unbranched alkanes of at least 4 members (excludes halogenated alkanes) is 1. The lowest BCUT2D eigenvalue weighted by Gasteiger charge is -2.07. The zero-order valence-electron chi connectivity index (χ0n) is 14.5. The molecule has 3 heteroatoms. The zero-order valence-corrected chi connectivity index (χ0v) is 14.5. The molecule has 1 N–H and O–H groups in total. The van der Waals surface area contributed by atoms with E-state index in [1.54, 1.807) is 0 Å². The Labute approximate surface area is 145 Å². The molecule has 0 unspecified atom stereocenters. The molecular formula is C21H27NO2. The predicted octanol–water partition coefficient (Wildman–Crippen LogP) is 4.29. The first-order valence-corrected chi connectivity index (χ1v) is 8.74. The standard InChI is InChI=1S/C21H27NO2/c1-18-12-14-20(15-13-18)24-17-7-11-21(23)22-16-6-5-10-19-8-3-2-4-9-19/h2-4,8-9,12-15H,5-7,10-11,16-17H2,1H3,(H,22,23). The van der Waals surface area contributed by atoms with Crippen molar-refractivity contribution in [3.05, 3.63) is 65.7 Å². The SMILES string of the molecule is Cc1ccc(OCCCC(=O)NCCCCc2ccccc2)cc1. The maximum Gasteiger partial charge on any atom is 0.220 e. The number of amides is 1. The van der Waals surface area contributed by atoms with E-state index in [0.29, 0.717) is 13.0 Å². The van der Waals surface area contributed by atoms with E-state index in [1.165, 1.54) is 11.1 Å². The van der Waals surface area contributed by atoms with Crippen molar-refractivity contribution >= 4 is 5.91 Å². The van der Waals surface area contributed by atoms with Crippen molar-refractivity contribution in [2.45, 2.75) is 39.0 Å². The number of carbonyl (C=O) groups is 1. The van der Waals surface area contributed by atoms with Gasteiger partial charge in [-0.25, -0.2) is 0 Å². The van der Waals surface area contributed by atoms with Gasteiger partial charge in [0.15, 0.2) is 0 Å². The largest absolute Gasteiger partial charge is 0.494 e. The highest BCUT2D eigenvalue weighted by Crippen LogP contribution is 2.11. The molecule has 0 heterocycles. The van der Waals surface area contributed by atoms with E-state index in [4.69, 9.17) is 4.74 Å². The van der Waals surface area contributed by atoms with Crippen LogP contribution >= 0.6 is 0 Å². The lowest BCUT2D eigenvalue weighted by Crippen LogP contribution is -2.24. The zero-order chi connectivity index (χ0) is 17.0. The van der Waals surface area contributed by atoms with E-state index in [0.717, 1.165) is 38.0 Å². The van der Waals surface area contributed by atoms with Crippen LogP contribution in [0.25, 0.3) is 0 Å². The molecule has 24 heavy (non-hydrogen) atoms. The molecule has 0 saturated heterocycles. The summed E-state index contributed by atoms with van der Waals surface area (Å²) >= 11 is 0. The van der Waals surface area contributed by atoms with Gasteiger partial charge in [0.25, 0.3) is 0 Å². The Hall–Kier alpha value is -2.29. The highest BCUT2D eigenvalue weighted by atomic mass is 16.5. The minimum Gasteiger partial charge on any atom is -0.494 e. The lowest BCUT2D eigenvalue weighted by atomic mass is 10.1. The molecule has 2 aromatic rings. The fraction of sp³-hybridized carbons (Fsp3) is 0.381. The Balaban J connectivity index is 1.47. The second-order valence-corrected chi connectivity index (χ2v) is 6.06. The van der Waals surface area contributed by atoms with E-state index in [1.807, 2.05) is 37.3 Å². The molecular weight excluding hydrogens is 298 g/mol. The molecule has 0 radical (unpaired) electrons. The van der Waals surface area contributed by atoms with Crippen molar-refractivity contribution in [1.29, 1.82) is 0 Å². The summed E-state index contributed by atoms with van der Waals surface area (Å²) < 4.78 is 5.62. The summed E-state index contributed by atoms with van der Waals surface area (Å²) in [6.45, 7) is 3.38. The van der Waals surface area contributed by atoms with Crippen LogP contribution in [0.1, 0.15) is 36.8 Å². The highest BCUT2D eigenvalue weighted by Gasteiger charge is 2.01. The summed E-state index contributed by atoms with van der Waals surface area (Å²) in [4.78, 5) is 11.8. The van der Waals surface area contributed by atoms with Crippen LogP contribution in [0.3, 0.4) is 0 Å². The third-order valence-corrected chi connectivity index (χ3v) is 3.90. The van der Waals surface area contributed by atoms with Crippen LogP contribution in [0, 0.1) is 6.92 Å². The molecule has 0 aromatic heterocycles. The van der Waals surface area contributed by atoms with Gasteiger partial charge in [0.05, 0.1) is 6.61 Å². The Bertz CT molecular complexity index is 593. The number of nitrogens with one attached hydrogen (secondary N) is 1. The molecule has 0 atom stereocenters. The number of hydrogen-bond donors (Lipinski definition) is 1. The molecule has 128 valence electrons. The van der Waals surface area contributed by atoms with E-state index in [2.05, 4.69) is 29.6 Å². The molecule has 1 amide bonds. The van der Waals surface area contributed by atoms with Crippen LogP contribution in [0.5, 0.6) is 5.75 Å². The van der Waals surface area contributed by atoms with Crippen LogP contribution < -0.4 is 10.1 Å². The molecule has 0 fully saturated rings. The van der Waals surface area contributed by atoms with Gasteiger partial charge < -0.3 is 10.1 Å². The van der Waals surface area contributed by atoms with E-state index in [9.17, 15) is 4.79 Å². The van der Waals surface area contributed by atoms with Crippen LogP contribution in [-0.2, 0) is 11.2 Å². The Morgan fingerprint density at radius 3 is 2.46 bits per heavy atom. The first-order chi connectivity index (χ1) is 11.7. The van der Waals surface area contributed by atoms with Crippen LogP contribution in [0.15, 0.2) is 54.6 Å². The number of rotatable bonds is 10. The number of carbonyl (C=O) groups excluding carboxylic acids is 1. The Kier molecular flexibility index (Phi) is 7.88. The van der Waals surface area contributed by atoms with Gasteiger partial charge in [-0.05, 0) is 50.3 Å². The summed E-state index contributed by atoms with van der Waals surface area (Å²) in [5.74, 6) is 0.976. The van der Waals surface area contributed by atoms with Gasteiger partial charge in [-0.15, -0.1) is 0 Å². The van der Waals surface area contributed by atoms with Gasteiger partial charge in [0.1, 0.15) is 5.75 Å². The van der Waals surface area contributed by atoms with Gasteiger partial charge in [0, 0.05) is 13.0 Å². The molecule has 0 saturated carbocycles. The van der Waals surface area contributed by atoms with E-state index in [-0.39, 0.29) is 5.91 Å². The van der Waals surface area contributed by atoms with Gasteiger partial charge in [0.2, 0.25) is 5.91 Å². The fourth-order valence-electron chi connectivity index (χ4n) is 2.47. The monoisotopic (exact) mass is 325 g/mol. The molecule has 0 aliphatic carbocycles. The molecule has 3 nitrogen and oxygen atoms in total. The lowest BCUT2D eigenvalue weighted by molar-refractivity contribution is -0.121. The van der Waals surface area contributed by atoms with Crippen molar-refractivity contribution in [3.63, 3.8) is 0 Å². The fourth-order valence-corrected chi connectivity index (χ4v) is 2.47. The average molecular weight is 325 g/mol. The smallest absolute Gasteiger partial charge is 0.220 e. The minimum atomic E-state index is 0.113. The first kappa shape index (κ1) is 18.1. The number of ether oxygens (including phenoxy) is 1. The summed E-state index contributed by atoms with van der Waals surface area (Å²) in [6, 6.07) is 18.4. The van der Waals surface area contributed by atoms with Crippen LogP contribution in [0.2, 0.25) is 0 Å². The number of hydrogen-bond acceptors (Lipinski definition) is 2. The third-order valence-electron chi connectivity index (χ3n) is 3.90. The van der Waals surface area contributed by atoms with Gasteiger partial charge in [-0.2, -0.15) is 0 Å². The predicted molar refractivity (Wildman–Crippen MR) is 98.3 cm³/mol. The molecule has 0 spiro atoms. The summed E-state index contributed by atoms with van der Waals surface area (Å²) in [5.41, 5.74) is 2.58. The second-order valence-electron chi connectivity index (χ2n) is 6.06. The summed E-state index contributed by atoms with van der Waals surface area (Å²) in [5, 5.41) is 2.98. The normalized spacial score (nSPS) is 10.4. The van der Waals surface area contributed by atoms with Gasteiger partial charge in [-0.1, -0.05) is 48.0 Å². The molecule has 2 rings (SSSR count). The van der Waals surface area contributed by atoms with Crippen molar-refractivity contribution < 1.29 is 9.53 Å². The molecule has 0 aliphatic heterocycles. The molecule has 0 aliphatic rings. The van der Waals surface area contributed by atoms with Crippen molar-refractivity contribution in [2.75, 3.05) is 13.2 Å². The quantitative estimate of drug-likeness (QED) is 0.662. The maximum absolute atomic E-state index is 11.8. The third kappa shape index (κ3) is 7.32. The average Bonchev–Trinajstić information content (AvgIpc) is 2.61. The number of benzene rings is 2. The maximum atomic E-state index is 11.8. The van der Waals surface area contributed by atoms with E-state index >= 15 is 0 Å². The van der Waals surface area contributed by atoms with E-state index < -0.39 is 0 Å². The minimum absolute atomic E-state index is 0.113. The van der Waals surface area contributed by atoms with Crippen LogP contribution in [-0.4, -0.2) is 19.1 Å². The molecule has 2 aromatic carbocycles. The topological polar surface area (TPSA) is 38.3 Å². The molecule has 0 bridgehead atoms. The summed E-state index contributed by atoms with van der Waals surface area (Å²) in [6.07, 6.45) is 4.44. The van der Waals surface area contributed by atoms with Gasteiger partial charge in [-0.3, -0.25) is 4.79 Å². The highest BCUT2D eigenvalue weighted by molar-refractivity contribution is 5.75. The number of aryl methyl sites for hydroxylation is 2. The van der Waals surface area contributed by atoms with Gasteiger partial charge >= 0.3 is 0 Å². The second kappa shape index (κ2) is 10.5. The summed E-state index contributed by atoms with van der Waals surface area (Å²) in [7, 11) is 0. The Morgan fingerprint density at radius 1 is 0.958 bits per heavy atom. The van der Waals surface area contributed by atoms with Crippen molar-refractivity contribution in [3.8, 4) is 5.75 Å². The van der Waals surface area contributed by atoms with Crippen molar-refractivity contribution in [2.24, 2.45) is 0 Å². The van der Waals surface area contributed by atoms with Crippen molar-refractivity contribution in [1.82, 2.24) is 5.32 Å². The van der Waals surface area contributed by atoms with Crippen LogP contribution in [0.4, 0.5) is 0 Å². The first-order valence-electron chi connectivity index (χ1n) is 8.74.